The first-order valence-corrected chi connectivity index (χ1v) is 21.4. The number of aryl methyl sites for hydroxylation is 1. The summed E-state index contributed by atoms with van der Waals surface area (Å²) in [6.07, 6.45) is 19.4. The average molecular weight is 761 g/mol. The van der Waals surface area contributed by atoms with Gasteiger partial charge in [-0.25, -0.2) is 0 Å². The molecule has 0 saturated heterocycles. The summed E-state index contributed by atoms with van der Waals surface area (Å²) in [5.74, 6) is 0.468. The van der Waals surface area contributed by atoms with E-state index in [0.717, 1.165) is 12.8 Å². The van der Waals surface area contributed by atoms with Crippen LogP contribution in [0, 0.1) is 6.92 Å². The van der Waals surface area contributed by atoms with E-state index in [1.165, 1.54) is 110 Å². The van der Waals surface area contributed by atoms with Gasteiger partial charge in [-0.05, 0) is 106 Å². The van der Waals surface area contributed by atoms with Gasteiger partial charge in [0.1, 0.15) is 0 Å². The number of benzene rings is 5. The van der Waals surface area contributed by atoms with Crippen LogP contribution in [0.1, 0.15) is 93.0 Å². The van der Waals surface area contributed by atoms with E-state index in [9.17, 15) is 0 Å². The predicted molar refractivity (Wildman–Crippen MR) is 248 cm³/mol. The molecule has 0 spiro atoms. The zero-order valence-electron chi connectivity index (χ0n) is 34.1. The molecule has 0 amide bonds. The summed E-state index contributed by atoms with van der Waals surface area (Å²) in [5.41, 5.74) is 22.3. The highest BCUT2D eigenvalue weighted by molar-refractivity contribution is 6.18. The first-order chi connectivity index (χ1) is 28.5. The van der Waals surface area contributed by atoms with Crippen molar-refractivity contribution in [3.8, 4) is 0 Å². The maximum Gasteiger partial charge on any atom is 0.0782 e. The standard InChI is InChI=1S/C43H42N4.C7H8.C4H6/c1-26(45-43(44)28-12-3-2-4-13-28)29-20-23-38-35(25-29)32-16-8-10-18-37(32)46-36-17-9-7-15-31(36)33-21-22-34-40-30-14-6-5-11-27(30)19-24-39(40)47(38)42(34)41(33)46;1-7-5-3-2-4-6-7;1-3-4-2/h2-3,7-10,12,15-18,20-23,25-26,39-40,43,45H,4-6,11,13-14,19,24,44H2,1H3;2-6H,1H3;3-4H,1-2H2. The molecule has 0 radical (unpaired) electrons. The molecule has 3 aliphatic carbocycles. The van der Waals surface area contributed by atoms with Crippen LogP contribution in [-0.4, -0.2) is 15.1 Å². The third-order valence-corrected chi connectivity index (χ3v) is 13.1. The Morgan fingerprint density at radius 2 is 1.43 bits per heavy atom. The lowest BCUT2D eigenvalue weighted by Crippen LogP contribution is -2.40. The molecule has 4 heteroatoms. The number of fused-ring (bicyclic) bond motifs is 12. The molecule has 4 aliphatic rings. The Labute approximate surface area is 343 Å². The highest BCUT2D eigenvalue weighted by atomic mass is 15.1. The molecule has 4 atom stereocenters. The molecule has 0 bridgehead atoms. The summed E-state index contributed by atoms with van der Waals surface area (Å²) in [7, 11) is 0. The fourth-order valence-electron chi connectivity index (χ4n) is 10.4. The Balaban J connectivity index is 0.000000349. The average Bonchev–Trinajstić information content (AvgIpc) is 3.79. The number of aromatic nitrogens is 2. The fourth-order valence-corrected chi connectivity index (χ4v) is 10.4. The number of para-hydroxylation sites is 2. The second-order valence-corrected chi connectivity index (χ2v) is 16.5. The van der Waals surface area contributed by atoms with E-state index in [0.29, 0.717) is 12.0 Å². The summed E-state index contributed by atoms with van der Waals surface area (Å²) in [4.78, 5) is 0. The van der Waals surface area contributed by atoms with Crippen LogP contribution in [0.2, 0.25) is 0 Å². The van der Waals surface area contributed by atoms with Gasteiger partial charge in [-0.15, -0.1) is 0 Å². The lowest BCUT2D eigenvalue weighted by atomic mass is 9.72. The van der Waals surface area contributed by atoms with E-state index < -0.39 is 0 Å². The van der Waals surface area contributed by atoms with Crippen molar-refractivity contribution in [1.82, 2.24) is 14.3 Å². The smallest absolute Gasteiger partial charge is 0.0782 e. The van der Waals surface area contributed by atoms with Gasteiger partial charge in [0.2, 0.25) is 0 Å². The monoisotopic (exact) mass is 760 g/mol. The lowest BCUT2D eigenvalue weighted by Gasteiger charge is -2.35. The maximum atomic E-state index is 6.73. The van der Waals surface area contributed by atoms with Crippen molar-refractivity contribution in [3.63, 3.8) is 0 Å². The van der Waals surface area contributed by atoms with Crippen LogP contribution < -0.4 is 11.1 Å². The molecule has 3 N–H and O–H groups in total. The van der Waals surface area contributed by atoms with Crippen molar-refractivity contribution < 1.29 is 0 Å². The molecule has 1 aliphatic heterocycles. The Morgan fingerprint density at radius 1 is 0.724 bits per heavy atom. The highest BCUT2D eigenvalue weighted by Gasteiger charge is 2.41. The van der Waals surface area contributed by atoms with Gasteiger partial charge in [0.25, 0.3) is 0 Å². The van der Waals surface area contributed by atoms with Crippen LogP contribution in [-0.2, 0) is 0 Å². The number of allylic oxidation sites excluding steroid dienone is 7. The van der Waals surface area contributed by atoms with Crippen LogP contribution in [0.5, 0.6) is 0 Å². The lowest BCUT2D eigenvalue weighted by molar-refractivity contribution is 0.404. The van der Waals surface area contributed by atoms with E-state index in [4.69, 9.17) is 5.73 Å². The quantitative estimate of drug-likeness (QED) is 0.104. The zero-order chi connectivity index (χ0) is 39.8. The highest BCUT2D eigenvalue weighted by Crippen LogP contribution is 2.56. The summed E-state index contributed by atoms with van der Waals surface area (Å²) >= 11 is 0. The van der Waals surface area contributed by atoms with Crippen molar-refractivity contribution >= 4 is 49.1 Å². The molecule has 4 unspecified atom stereocenters. The number of nitrogens with two attached hydrogens (primary N) is 1. The minimum Gasteiger partial charge on any atom is -0.335 e. The van der Waals surface area contributed by atoms with Crippen molar-refractivity contribution in [1.29, 1.82) is 0 Å². The molecular weight excluding hydrogens is 705 g/mol. The molecule has 4 nitrogen and oxygen atoms in total. The Bertz CT molecular complexity index is 2800. The van der Waals surface area contributed by atoms with Crippen LogP contribution in [0.4, 0.5) is 0 Å². The minimum atomic E-state index is -0.155. The van der Waals surface area contributed by atoms with E-state index in [-0.39, 0.29) is 12.2 Å². The predicted octanol–water partition coefficient (Wildman–Crippen LogP) is 13.8. The van der Waals surface area contributed by atoms with Crippen molar-refractivity contribution in [2.45, 2.75) is 89.4 Å². The third-order valence-electron chi connectivity index (χ3n) is 13.1. The van der Waals surface area contributed by atoms with Gasteiger partial charge in [-0.1, -0.05) is 145 Å². The molecule has 2 aromatic heterocycles. The molecule has 0 fully saturated rings. The molecule has 0 saturated carbocycles. The SMILES string of the molecule is C=CC=C.CC(NC(N)C1=CC=CCC1)c1ccc2c(c1)c1ccccc1n1c3ccccc3c3ccc4c(c31)n2C1CCC2=C(CCCC2)C41.Cc1ccccc1. The zero-order valence-corrected chi connectivity index (χ0v) is 34.1. The molecular formula is C54H56N4. The Morgan fingerprint density at radius 3 is 2.12 bits per heavy atom. The number of hydrogen-bond donors (Lipinski definition) is 2. The van der Waals surface area contributed by atoms with Crippen molar-refractivity contribution in [3.05, 3.63) is 186 Å². The van der Waals surface area contributed by atoms with Gasteiger partial charge in [-0.2, -0.15) is 0 Å². The van der Waals surface area contributed by atoms with E-state index in [1.807, 2.05) is 18.2 Å². The molecule has 5 aromatic carbocycles. The first kappa shape index (κ1) is 37.9. The fraction of sp³-hybridized carbons (Fsp3) is 0.259. The van der Waals surface area contributed by atoms with Crippen molar-refractivity contribution in [2.75, 3.05) is 0 Å². The number of nitrogens with one attached hydrogen (secondary N) is 1. The number of rotatable bonds is 5. The van der Waals surface area contributed by atoms with Gasteiger partial charge in [0, 0.05) is 45.1 Å². The summed E-state index contributed by atoms with van der Waals surface area (Å²) in [6.45, 7) is 11.1. The number of hydrogen-bond acceptors (Lipinski definition) is 2. The topological polar surface area (TPSA) is 47.4 Å². The van der Waals surface area contributed by atoms with Gasteiger partial charge in [-0.3, -0.25) is 5.32 Å². The summed E-state index contributed by atoms with van der Waals surface area (Å²) in [5, 5.41) is 9.03. The van der Waals surface area contributed by atoms with Crippen LogP contribution in [0.3, 0.4) is 0 Å². The van der Waals surface area contributed by atoms with Gasteiger partial charge >= 0.3 is 0 Å². The van der Waals surface area contributed by atoms with E-state index in [2.05, 4.69) is 151 Å². The molecule has 7 aromatic rings. The van der Waals surface area contributed by atoms with Gasteiger partial charge < -0.3 is 14.7 Å². The Kier molecular flexibility index (Phi) is 10.6. The van der Waals surface area contributed by atoms with E-state index >= 15 is 0 Å². The Hall–Kier alpha value is -5.68. The largest absolute Gasteiger partial charge is 0.335 e. The molecule has 11 rings (SSSR count). The second kappa shape index (κ2) is 16.3. The number of nitrogens with zero attached hydrogens (tertiary/aromatic N) is 2. The van der Waals surface area contributed by atoms with Crippen LogP contribution in [0.25, 0.3) is 49.1 Å². The molecule has 58 heavy (non-hydrogen) atoms. The second-order valence-electron chi connectivity index (χ2n) is 16.5. The molecule has 3 heterocycles. The molecule has 292 valence electrons. The maximum absolute atomic E-state index is 6.73. The van der Waals surface area contributed by atoms with Gasteiger partial charge in [0.05, 0.1) is 28.2 Å². The summed E-state index contributed by atoms with van der Waals surface area (Å²) in [6, 6.07) is 41.1. The van der Waals surface area contributed by atoms with E-state index in [1.54, 1.807) is 23.3 Å². The minimum absolute atomic E-state index is 0.109. The van der Waals surface area contributed by atoms with Crippen LogP contribution >= 0.6 is 0 Å². The van der Waals surface area contributed by atoms with Crippen molar-refractivity contribution in [2.24, 2.45) is 5.73 Å². The normalized spacial score (nSPS) is 19.1. The first-order valence-electron chi connectivity index (χ1n) is 21.4. The van der Waals surface area contributed by atoms with Crippen LogP contribution in [0.15, 0.2) is 169 Å². The van der Waals surface area contributed by atoms with Gasteiger partial charge in [0.15, 0.2) is 0 Å². The third kappa shape index (κ3) is 6.68. The summed E-state index contributed by atoms with van der Waals surface area (Å²) < 4.78 is 5.39.